The zero-order valence-corrected chi connectivity index (χ0v) is 53.6. The predicted octanol–water partition coefficient (Wildman–Crippen LogP) is 23.0. The highest BCUT2D eigenvalue weighted by molar-refractivity contribution is 6.16. The van der Waals surface area contributed by atoms with Gasteiger partial charge in [0.25, 0.3) is 0 Å². The maximum absolute atomic E-state index is 5.87. The molecule has 0 saturated heterocycles. The van der Waals surface area contributed by atoms with E-state index in [-0.39, 0.29) is 0 Å². The third kappa shape index (κ3) is 9.80. The smallest absolute Gasteiger partial charge is 0.162 e. The molecule has 0 amide bonds. The predicted molar refractivity (Wildman–Crippen MR) is 407 cm³/mol. The highest BCUT2D eigenvalue weighted by atomic mass is 15.1. The SMILES string of the molecule is c1ccc(-c2ccc3c(c2)c2cc(-c4cccc(-c5ccccc5)n4)ccc2n3-c2c(-n3c4ccccc4c4ccccc43)c(-c3nc(-c4ccccc4)cc(-c4ccccc4)n3)cc(-c3nc(-c4ccccc4)cc(-c4ccccc4)n3)c2-n2c3ccccc3c3ccccc32)cc1. The van der Waals surface area contributed by atoms with Gasteiger partial charge in [0.1, 0.15) is 0 Å². The molecule has 8 nitrogen and oxygen atoms in total. The highest BCUT2D eigenvalue weighted by Crippen LogP contribution is 2.51. The van der Waals surface area contributed by atoms with Crippen molar-refractivity contribution in [2.45, 2.75) is 0 Å². The molecule has 8 heteroatoms. The number of para-hydroxylation sites is 4. The summed E-state index contributed by atoms with van der Waals surface area (Å²) in [6.45, 7) is 0. The summed E-state index contributed by atoms with van der Waals surface area (Å²) in [7, 11) is 0. The van der Waals surface area contributed by atoms with E-state index < -0.39 is 0 Å². The van der Waals surface area contributed by atoms with Gasteiger partial charge in [0, 0.05) is 76.8 Å². The van der Waals surface area contributed by atoms with Crippen LogP contribution in [-0.4, -0.2) is 38.6 Å². The average Bonchev–Trinajstić information content (AvgIpc) is 1.59. The fourth-order valence-electron chi connectivity index (χ4n) is 14.7. The summed E-state index contributed by atoms with van der Waals surface area (Å²) in [5.74, 6) is 1.04. The van der Waals surface area contributed by atoms with Crippen LogP contribution in [0.3, 0.4) is 0 Å². The van der Waals surface area contributed by atoms with E-state index in [2.05, 4.69) is 359 Å². The van der Waals surface area contributed by atoms with Crippen molar-refractivity contribution in [2.75, 3.05) is 0 Å². The Bertz CT molecular complexity index is 5840. The molecule has 0 saturated carbocycles. The topological polar surface area (TPSA) is 79.2 Å². The Morgan fingerprint density at radius 1 is 0.162 bits per heavy atom. The molecule has 462 valence electrons. The van der Waals surface area contributed by atoms with E-state index in [9.17, 15) is 0 Å². The molecule has 0 bridgehead atoms. The average molecular weight is 1260 g/mol. The summed E-state index contributed by atoms with van der Waals surface area (Å²) < 4.78 is 7.49. The molecule has 99 heavy (non-hydrogen) atoms. The first kappa shape index (κ1) is 57.1. The first-order chi connectivity index (χ1) is 49.1. The van der Waals surface area contributed by atoms with Crippen LogP contribution in [0, 0.1) is 0 Å². The summed E-state index contributed by atoms with van der Waals surface area (Å²) in [6.07, 6.45) is 0. The second-order valence-electron chi connectivity index (χ2n) is 25.1. The number of benzene rings is 13. The van der Waals surface area contributed by atoms with Crippen molar-refractivity contribution in [2.24, 2.45) is 0 Å². The van der Waals surface area contributed by atoms with Crippen LogP contribution in [0.25, 0.3) is 184 Å². The fraction of sp³-hybridized carbons (Fsp3) is 0. The lowest BCUT2D eigenvalue weighted by Gasteiger charge is -2.27. The normalized spacial score (nSPS) is 11.6. The molecule has 0 aliphatic carbocycles. The van der Waals surface area contributed by atoms with Gasteiger partial charge in [0.2, 0.25) is 0 Å². The van der Waals surface area contributed by atoms with E-state index in [1.165, 1.54) is 0 Å². The molecule has 0 aliphatic rings. The lowest BCUT2D eigenvalue weighted by Crippen LogP contribution is -2.14. The summed E-state index contributed by atoms with van der Waals surface area (Å²) in [4.78, 5) is 28.9. The second kappa shape index (κ2) is 23.8. The number of fused-ring (bicyclic) bond motifs is 9. The molecule has 0 radical (unpaired) electrons. The number of hydrogen-bond donors (Lipinski definition) is 0. The van der Waals surface area contributed by atoms with Crippen LogP contribution in [0.2, 0.25) is 0 Å². The maximum atomic E-state index is 5.87. The van der Waals surface area contributed by atoms with Crippen molar-refractivity contribution in [3.8, 4) is 119 Å². The van der Waals surface area contributed by atoms with E-state index in [0.29, 0.717) is 11.6 Å². The van der Waals surface area contributed by atoms with Gasteiger partial charge in [-0.1, -0.05) is 273 Å². The molecular formula is C91H58N8. The Balaban J connectivity index is 1.07. The van der Waals surface area contributed by atoms with Crippen LogP contribution < -0.4 is 0 Å². The quantitative estimate of drug-likeness (QED) is 0.122. The molecular weight excluding hydrogens is 1210 g/mol. The minimum Gasteiger partial charge on any atom is -0.306 e. The largest absolute Gasteiger partial charge is 0.306 e. The molecule has 6 aromatic heterocycles. The van der Waals surface area contributed by atoms with E-state index in [4.69, 9.17) is 24.9 Å². The van der Waals surface area contributed by atoms with Crippen LogP contribution in [-0.2, 0) is 0 Å². The van der Waals surface area contributed by atoms with E-state index >= 15 is 0 Å². The molecule has 13 aromatic carbocycles. The van der Waals surface area contributed by atoms with E-state index in [1.807, 2.05) is 6.07 Å². The number of pyridine rings is 1. The highest BCUT2D eigenvalue weighted by Gasteiger charge is 2.33. The maximum Gasteiger partial charge on any atom is 0.162 e. The summed E-state index contributed by atoms with van der Waals surface area (Å²) in [5.41, 5.74) is 23.0. The fourth-order valence-corrected chi connectivity index (χ4v) is 14.7. The summed E-state index contributed by atoms with van der Waals surface area (Å²) in [5, 5.41) is 6.52. The standard InChI is InChI=1S/C91H58N8/c1-7-28-59(29-8-1)65-50-52-85-71(54-65)72-55-66(76-45-27-44-75(92-76)60-30-9-2-10-31-60)51-53-86(72)99(85)89-87(97-81-46-23-19-40-67(81)68-41-20-24-47-82(68)97)73(90-93-77(61-32-11-3-12-33-61)57-78(94-90)62-34-13-4-14-35-62)56-74(88(89)98-83-48-25-21-42-69(83)70-43-22-26-49-84(70)98)91-95-79(63-36-15-5-16-37-63)58-80(96-91)64-38-17-6-18-39-64/h1-58H. The van der Waals surface area contributed by atoms with Crippen LogP contribution in [0.4, 0.5) is 0 Å². The molecule has 19 aromatic rings. The molecule has 0 N–H and O–H groups in total. The lowest BCUT2D eigenvalue weighted by atomic mass is 9.98. The Morgan fingerprint density at radius 3 is 0.818 bits per heavy atom. The van der Waals surface area contributed by atoms with Gasteiger partial charge in [-0.05, 0) is 90.0 Å². The Kier molecular flexibility index (Phi) is 13.7. The number of hydrogen-bond acceptors (Lipinski definition) is 5. The lowest BCUT2D eigenvalue weighted by molar-refractivity contribution is 1.04. The van der Waals surface area contributed by atoms with Gasteiger partial charge < -0.3 is 13.7 Å². The second-order valence-corrected chi connectivity index (χ2v) is 25.1. The van der Waals surface area contributed by atoms with Gasteiger partial charge in [0.05, 0.1) is 84.3 Å². The molecule has 0 aliphatic heterocycles. The van der Waals surface area contributed by atoms with Crippen molar-refractivity contribution in [3.63, 3.8) is 0 Å². The minimum absolute atomic E-state index is 0.518. The van der Waals surface area contributed by atoms with Gasteiger partial charge >= 0.3 is 0 Å². The number of nitrogens with zero attached hydrogens (tertiary/aromatic N) is 8. The molecule has 0 fully saturated rings. The van der Waals surface area contributed by atoms with Gasteiger partial charge in [-0.25, -0.2) is 24.9 Å². The number of rotatable bonds is 12. The molecule has 0 unspecified atom stereocenters. The van der Waals surface area contributed by atoms with Crippen LogP contribution >= 0.6 is 0 Å². The van der Waals surface area contributed by atoms with Crippen molar-refractivity contribution in [3.05, 3.63) is 352 Å². The molecule has 0 spiro atoms. The Labute approximate surface area is 571 Å². The van der Waals surface area contributed by atoms with Crippen molar-refractivity contribution in [1.29, 1.82) is 0 Å². The number of aromatic nitrogens is 8. The van der Waals surface area contributed by atoms with Gasteiger partial charge in [0.15, 0.2) is 11.6 Å². The van der Waals surface area contributed by atoms with Crippen molar-refractivity contribution in [1.82, 2.24) is 38.6 Å². The van der Waals surface area contributed by atoms with Crippen molar-refractivity contribution < 1.29 is 0 Å². The third-order valence-corrected chi connectivity index (χ3v) is 19.3. The van der Waals surface area contributed by atoms with Gasteiger partial charge in [-0.3, -0.25) is 0 Å². The van der Waals surface area contributed by atoms with E-state index in [1.54, 1.807) is 0 Å². The Morgan fingerprint density at radius 2 is 0.444 bits per heavy atom. The third-order valence-electron chi connectivity index (χ3n) is 19.3. The first-order valence-electron chi connectivity index (χ1n) is 33.5. The molecule has 0 atom stereocenters. The van der Waals surface area contributed by atoms with Gasteiger partial charge in [-0.2, -0.15) is 0 Å². The summed E-state index contributed by atoms with van der Waals surface area (Å²) in [6, 6.07) is 125. The molecule has 19 rings (SSSR count). The zero-order chi connectivity index (χ0) is 65.3. The minimum atomic E-state index is 0.518. The van der Waals surface area contributed by atoms with Crippen LogP contribution in [0.15, 0.2) is 352 Å². The van der Waals surface area contributed by atoms with Gasteiger partial charge in [-0.15, -0.1) is 0 Å². The Hall–Kier alpha value is -13.4. The first-order valence-corrected chi connectivity index (χ1v) is 33.5. The van der Waals surface area contributed by atoms with Crippen LogP contribution in [0.1, 0.15) is 0 Å². The molecule has 6 heterocycles. The van der Waals surface area contributed by atoms with Crippen molar-refractivity contribution >= 4 is 65.4 Å². The zero-order valence-electron chi connectivity index (χ0n) is 53.6. The summed E-state index contributed by atoms with van der Waals surface area (Å²) >= 11 is 0. The van der Waals surface area contributed by atoms with Crippen LogP contribution in [0.5, 0.6) is 0 Å². The monoisotopic (exact) mass is 1260 g/mol. The van der Waals surface area contributed by atoms with E-state index in [0.717, 1.165) is 172 Å².